The number of benzene rings is 1. The Labute approximate surface area is 161 Å². The largest absolute Gasteiger partial charge is 0.444 e. The molecule has 0 aliphatic carbocycles. The van der Waals surface area contributed by atoms with Crippen LogP contribution in [-0.2, 0) is 11.8 Å². The van der Waals surface area contributed by atoms with Crippen LogP contribution in [0.4, 0.5) is 4.79 Å². The van der Waals surface area contributed by atoms with Gasteiger partial charge in [0.15, 0.2) is 0 Å². The second-order valence-electron chi connectivity index (χ2n) is 7.68. The molecule has 3 rings (SSSR count). The van der Waals surface area contributed by atoms with Crippen LogP contribution in [0.5, 0.6) is 0 Å². The number of hydrogen-bond acceptors (Lipinski definition) is 3. The number of carbonyl (C=O) groups is 2. The summed E-state index contributed by atoms with van der Waals surface area (Å²) < 4.78 is 8.25. The summed E-state index contributed by atoms with van der Waals surface area (Å²) in [6, 6.07) is 7.75. The topological polar surface area (TPSA) is 63.6 Å². The molecule has 6 nitrogen and oxygen atoms in total. The Morgan fingerprint density at radius 1 is 1.27 bits per heavy atom. The van der Waals surface area contributed by atoms with Crippen molar-refractivity contribution in [1.82, 2.24) is 14.8 Å². The van der Waals surface area contributed by atoms with Crippen LogP contribution in [0.25, 0.3) is 10.9 Å². The highest BCUT2D eigenvalue weighted by Gasteiger charge is 2.31. The Kier molecular flexibility index (Phi) is 5.01. The lowest BCUT2D eigenvalue weighted by atomic mass is 10.2. The minimum absolute atomic E-state index is 0.0697. The second-order valence-corrected chi connectivity index (χ2v) is 8.59. The molecule has 2 heterocycles. The van der Waals surface area contributed by atoms with E-state index in [0.29, 0.717) is 18.8 Å². The molecule has 2 amide bonds. The maximum atomic E-state index is 12.7. The maximum absolute atomic E-state index is 12.7. The number of rotatable bonds is 2. The molecule has 1 N–H and O–H groups in total. The Bertz CT molecular complexity index is 854. The van der Waals surface area contributed by atoms with Crippen molar-refractivity contribution < 1.29 is 14.3 Å². The van der Waals surface area contributed by atoms with Crippen LogP contribution in [-0.4, -0.2) is 46.2 Å². The van der Waals surface area contributed by atoms with E-state index in [0.717, 1.165) is 21.8 Å². The number of fused-ring (bicyclic) bond motifs is 1. The Balaban J connectivity index is 1.66. The summed E-state index contributed by atoms with van der Waals surface area (Å²) in [4.78, 5) is 26.5. The zero-order chi connectivity index (χ0) is 19.1. The van der Waals surface area contributed by atoms with E-state index >= 15 is 0 Å². The molecule has 26 heavy (non-hydrogen) atoms. The summed E-state index contributed by atoms with van der Waals surface area (Å²) in [5.74, 6) is -0.129. The molecule has 1 aliphatic heterocycles. The standard InChI is InChI=1S/C19H24BrN3O3/c1-19(2,3)26-18(25)23-8-7-14(11-23)21-17(24)16-9-12-5-6-13(20)10-15(12)22(16)4/h5-6,9-10,14H,7-8,11H2,1-4H3,(H,21,24). The highest BCUT2D eigenvalue weighted by Crippen LogP contribution is 2.23. The molecule has 1 aliphatic rings. The zero-order valence-corrected chi connectivity index (χ0v) is 17.1. The molecule has 0 radical (unpaired) electrons. The minimum Gasteiger partial charge on any atom is -0.444 e. The number of likely N-dealkylation sites (tertiary alicyclic amines) is 1. The molecule has 1 aromatic heterocycles. The van der Waals surface area contributed by atoms with E-state index in [1.807, 2.05) is 56.7 Å². The number of nitrogens with one attached hydrogen (secondary N) is 1. The molecule has 1 aromatic carbocycles. The van der Waals surface area contributed by atoms with Gasteiger partial charge in [-0.3, -0.25) is 4.79 Å². The van der Waals surface area contributed by atoms with E-state index in [9.17, 15) is 9.59 Å². The fourth-order valence-corrected chi connectivity index (χ4v) is 3.50. The first-order valence-corrected chi connectivity index (χ1v) is 9.47. The fourth-order valence-electron chi connectivity index (χ4n) is 3.15. The number of aryl methyl sites for hydroxylation is 1. The summed E-state index contributed by atoms with van der Waals surface area (Å²) in [5.41, 5.74) is 1.08. The van der Waals surface area contributed by atoms with Crippen LogP contribution in [0, 0.1) is 0 Å². The molecule has 0 bridgehead atoms. The molecule has 140 valence electrons. The first-order chi connectivity index (χ1) is 12.1. The molecule has 1 saturated heterocycles. The number of hydrogen-bond donors (Lipinski definition) is 1. The molecule has 1 atom stereocenters. The fraction of sp³-hybridized carbons (Fsp3) is 0.474. The summed E-state index contributed by atoms with van der Waals surface area (Å²) in [6.07, 6.45) is 0.393. The lowest BCUT2D eigenvalue weighted by Gasteiger charge is -2.24. The van der Waals surface area contributed by atoms with Crippen molar-refractivity contribution in [3.05, 3.63) is 34.4 Å². The molecule has 1 unspecified atom stereocenters. The van der Waals surface area contributed by atoms with E-state index in [2.05, 4.69) is 21.2 Å². The minimum atomic E-state index is -0.518. The van der Waals surface area contributed by atoms with E-state index in [4.69, 9.17) is 4.74 Å². The number of carbonyl (C=O) groups excluding carboxylic acids is 2. The van der Waals surface area contributed by atoms with Crippen LogP contribution >= 0.6 is 15.9 Å². The highest BCUT2D eigenvalue weighted by atomic mass is 79.9. The van der Waals surface area contributed by atoms with Gasteiger partial charge >= 0.3 is 6.09 Å². The summed E-state index contributed by atoms with van der Waals surface area (Å²) in [7, 11) is 1.88. The summed E-state index contributed by atoms with van der Waals surface area (Å²) in [5, 5.41) is 4.05. The molecular formula is C19H24BrN3O3. The first-order valence-electron chi connectivity index (χ1n) is 8.68. The van der Waals surface area contributed by atoms with Crippen LogP contribution in [0.1, 0.15) is 37.7 Å². The third kappa shape index (κ3) is 4.03. The Morgan fingerprint density at radius 2 is 2.00 bits per heavy atom. The van der Waals surface area contributed by atoms with Gasteiger partial charge < -0.3 is 19.5 Å². The second kappa shape index (κ2) is 6.95. The number of halogens is 1. The molecule has 1 fully saturated rings. The SMILES string of the molecule is Cn1c(C(=O)NC2CCN(C(=O)OC(C)(C)C)C2)cc2ccc(Br)cc21. The van der Waals surface area contributed by atoms with Crippen molar-refractivity contribution in [2.45, 2.75) is 38.8 Å². The predicted octanol–water partition coefficient (Wildman–Crippen LogP) is 3.68. The first kappa shape index (κ1) is 18.8. The van der Waals surface area contributed by atoms with Gasteiger partial charge in [0, 0.05) is 41.6 Å². The van der Waals surface area contributed by atoms with Gasteiger partial charge in [-0.1, -0.05) is 22.0 Å². The highest BCUT2D eigenvalue weighted by molar-refractivity contribution is 9.10. The van der Waals surface area contributed by atoms with Crippen molar-refractivity contribution in [2.75, 3.05) is 13.1 Å². The third-order valence-corrected chi connectivity index (χ3v) is 4.91. The average molecular weight is 422 g/mol. The van der Waals surface area contributed by atoms with Crippen LogP contribution in [0.2, 0.25) is 0 Å². The smallest absolute Gasteiger partial charge is 0.410 e. The van der Waals surface area contributed by atoms with Crippen LogP contribution in [0.3, 0.4) is 0 Å². The molecule has 2 aromatic rings. The van der Waals surface area contributed by atoms with Crippen molar-refractivity contribution in [1.29, 1.82) is 0 Å². The quantitative estimate of drug-likeness (QED) is 0.803. The molecule has 0 saturated carbocycles. The molecule has 7 heteroatoms. The molecule has 0 spiro atoms. The number of nitrogens with zero attached hydrogens (tertiary/aromatic N) is 2. The summed E-state index contributed by atoms with van der Waals surface area (Å²) >= 11 is 3.46. The Morgan fingerprint density at radius 3 is 2.69 bits per heavy atom. The van der Waals surface area contributed by atoms with E-state index in [1.54, 1.807) is 4.90 Å². The summed E-state index contributed by atoms with van der Waals surface area (Å²) in [6.45, 7) is 6.59. The van der Waals surface area contributed by atoms with Gasteiger partial charge in [-0.2, -0.15) is 0 Å². The molecular weight excluding hydrogens is 398 g/mol. The van der Waals surface area contributed by atoms with Gasteiger partial charge in [-0.05, 0) is 45.4 Å². The van der Waals surface area contributed by atoms with E-state index in [1.165, 1.54) is 0 Å². The number of aromatic nitrogens is 1. The van der Waals surface area contributed by atoms with Crippen molar-refractivity contribution in [3.8, 4) is 0 Å². The van der Waals surface area contributed by atoms with Gasteiger partial charge in [0.25, 0.3) is 5.91 Å². The van der Waals surface area contributed by atoms with Crippen molar-refractivity contribution in [3.63, 3.8) is 0 Å². The van der Waals surface area contributed by atoms with Crippen molar-refractivity contribution in [2.24, 2.45) is 7.05 Å². The average Bonchev–Trinajstić information content (AvgIpc) is 3.11. The number of amides is 2. The maximum Gasteiger partial charge on any atom is 0.410 e. The predicted molar refractivity (Wildman–Crippen MR) is 104 cm³/mol. The normalized spacial score (nSPS) is 17.6. The zero-order valence-electron chi connectivity index (χ0n) is 15.5. The van der Waals surface area contributed by atoms with Crippen molar-refractivity contribution >= 4 is 38.8 Å². The van der Waals surface area contributed by atoms with Crippen LogP contribution in [0.15, 0.2) is 28.7 Å². The monoisotopic (exact) mass is 421 g/mol. The van der Waals surface area contributed by atoms with E-state index in [-0.39, 0.29) is 18.0 Å². The van der Waals surface area contributed by atoms with Crippen LogP contribution < -0.4 is 5.32 Å². The van der Waals surface area contributed by atoms with E-state index < -0.39 is 5.60 Å². The van der Waals surface area contributed by atoms with Gasteiger partial charge in [-0.15, -0.1) is 0 Å². The van der Waals surface area contributed by atoms with Gasteiger partial charge in [-0.25, -0.2) is 4.79 Å². The van der Waals surface area contributed by atoms with Gasteiger partial charge in [0.2, 0.25) is 0 Å². The lowest BCUT2D eigenvalue weighted by Crippen LogP contribution is -2.40. The number of ether oxygens (including phenoxy) is 1. The Hall–Kier alpha value is -2.02. The van der Waals surface area contributed by atoms with Gasteiger partial charge in [0.1, 0.15) is 11.3 Å². The van der Waals surface area contributed by atoms with Gasteiger partial charge in [0.05, 0.1) is 0 Å². The lowest BCUT2D eigenvalue weighted by molar-refractivity contribution is 0.0290. The third-order valence-electron chi connectivity index (χ3n) is 4.42.